The predicted octanol–water partition coefficient (Wildman–Crippen LogP) is 3.10. The van der Waals surface area contributed by atoms with E-state index in [0.29, 0.717) is 6.61 Å². The lowest BCUT2D eigenvalue weighted by Gasteiger charge is -2.12. The second-order valence-electron chi connectivity index (χ2n) is 4.29. The third kappa shape index (κ3) is 2.76. The highest BCUT2D eigenvalue weighted by Crippen LogP contribution is 2.24. The number of hydrogen-bond donors (Lipinski definition) is 0. The molecule has 1 heterocycles. The highest BCUT2D eigenvalue weighted by molar-refractivity contribution is 5.80. The van der Waals surface area contributed by atoms with Gasteiger partial charge in [0.05, 0.1) is 11.6 Å². The standard InChI is InChI=1S/C14H16FNO2/c1-9-4-5-11-6-12(15)14(7-13(11)16-9)18-8-10(2)17-3/h4-7,10H,8H2,1-3H3/t10-/m0/s1. The normalized spacial score (nSPS) is 12.7. The minimum Gasteiger partial charge on any atom is -0.488 e. The van der Waals surface area contributed by atoms with Gasteiger partial charge in [-0.05, 0) is 26.0 Å². The number of rotatable bonds is 4. The first-order valence-electron chi connectivity index (χ1n) is 5.82. The summed E-state index contributed by atoms with van der Waals surface area (Å²) in [6.07, 6.45) is -0.0782. The van der Waals surface area contributed by atoms with Crippen LogP contribution in [0.3, 0.4) is 0 Å². The van der Waals surface area contributed by atoms with Crippen molar-refractivity contribution in [2.45, 2.75) is 20.0 Å². The minimum absolute atomic E-state index is 0.0782. The number of benzene rings is 1. The van der Waals surface area contributed by atoms with Gasteiger partial charge in [-0.15, -0.1) is 0 Å². The van der Waals surface area contributed by atoms with Gasteiger partial charge in [-0.1, -0.05) is 6.07 Å². The van der Waals surface area contributed by atoms with Gasteiger partial charge in [0.2, 0.25) is 0 Å². The second-order valence-corrected chi connectivity index (χ2v) is 4.29. The summed E-state index contributed by atoms with van der Waals surface area (Å²) in [4.78, 5) is 4.35. The number of methoxy groups -OCH3 is 1. The van der Waals surface area contributed by atoms with Crippen molar-refractivity contribution in [3.63, 3.8) is 0 Å². The van der Waals surface area contributed by atoms with Crippen LogP contribution in [0.25, 0.3) is 10.9 Å². The molecule has 3 nitrogen and oxygen atoms in total. The molecular weight excluding hydrogens is 233 g/mol. The fraction of sp³-hybridized carbons (Fsp3) is 0.357. The van der Waals surface area contributed by atoms with Gasteiger partial charge in [0.15, 0.2) is 11.6 Å². The van der Waals surface area contributed by atoms with Gasteiger partial charge in [0.25, 0.3) is 0 Å². The van der Waals surface area contributed by atoms with Crippen LogP contribution in [0, 0.1) is 12.7 Å². The molecule has 4 heteroatoms. The molecule has 1 atom stereocenters. The van der Waals surface area contributed by atoms with E-state index >= 15 is 0 Å². The summed E-state index contributed by atoms with van der Waals surface area (Å²) in [6, 6.07) is 6.77. The van der Waals surface area contributed by atoms with Gasteiger partial charge < -0.3 is 9.47 Å². The number of ether oxygens (including phenoxy) is 2. The maximum atomic E-state index is 13.8. The van der Waals surface area contributed by atoms with E-state index in [1.807, 2.05) is 26.0 Å². The van der Waals surface area contributed by atoms with E-state index in [0.717, 1.165) is 16.6 Å². The van der Waals surface area contributed by atoms with Gasteiger partial charge in [-0.2, -0.15) is 0 Å². The monoisotopic (exact) mass is 249 g/mol. The number of pyridine rings is 1. The lowest BCUT2D eigenvalue weighted by atomic mass is 10.2. The van der Waals surface area contributed by atoms with E-state index in [-0.39, 0.29) is 17.7 Å². The number of nitrogens with zero attached hydrogens (tertiary/aromatic N) is 1. The topological polar surface area (TPSA) is 31.4 Å². The first kappa shape index (κ1) is 12.8. The van der Waals surface area contributed by atoms with Crippen LogP contribution in [-0.4, -0.2) is 24.8 Å². The maximum Gasteiger partial charge on any atom is 0.165 e. The Balaban J connectivity index is 2.30. The summed E-state index contributed by atoms with van der Waals surface area (Å²) in [5.41, 5.74) is 1.63. The van der Waals surface area contributed by atoms with Crippen molar-refractivity contribution in [2.24, 2.45) is 0 Å². The van der Waals surface area contributed by atoms with Crippen molar-refractivity contribution in [1.82, 2.24) is 4.98 Å². The van der Waals surface area contributed by atoms with Crippen LogP contribution >= 0.6 is 0 Å². The SMILES string of the molecule is CO[C@@H](C)COc1cc2nc(C)ccc2cc1F. The van der Waals surface area contributed by atoms with E-state index in [2.05, 4.69) is 4.98 Å². The van der Waals surface area contributed by atoms with E-state index < -0.39 is 0 Å². The number of aromatic nitrogens is 1. The molecule has 0 fully saturated rings. The molecule has 0 N–H and O–H groups in total. The Morgan fingerprint density at radius 3 is 2.83 bits per heavy atom. The highest BCUT2D eigenvalue weighted by Gasteiger charge is 2.09. The molecule has 0 aliphatic rings. The van der Waals surface area contributed by atoms with Crippen molar-refractivity contribution in [3.05, 3.63) is 35.8 Å². The molecular formula is C14H16FNO2. The zero-order valence-corrected chi connectivity index (χ0v) is 10.7. The van der Waals surface area contributed by atoms with Gasteiger partial charge in [-0.25, -0.2) is 4.39 Å². The lowest BCUT2D eigenvalue weighted by molar-refractivity contribution is 0.0702. The third-order valence-corrected chi connectivity index (χ3v) is 2.76. The first-order chi connectivity index (χ1) is 8.60. The molecule has 0 unspecified atom stereocenters. The number of hydrogen-bond acceptors (Lipinski definition) is 3. The summed E-state index contributed by atoms with van der Waals surface area (Å²) >= 11 is 0. The zero-order chi connectivity index (χ0) is 13.1. The molecule has 0 spiro atoms. The molecule has 1 aromatic carbocycles. The molecule has 18 heavy (non-hydrogen) atoms. The summed E-state index contributed by atoms with van der Waals surface area (Å²) < 4.78 is 24.2. The van der Waals surface area contributed by atoms with Gasteiger partial charge in [-0.3, -0.25) is 4.98 Å². The molecule has 2 aromatic rings. The number of aryl methyl sites for hydroxylation is 1. The minimum atomic E-state index is -0.378. The van der Waals surface area contributed by atoms with Crippen LogP contribution in [0.1, 0.15) is 12.6 Å². The van der Waals surface area contributed by atoms with E-state index in [1.54, 1.807) is 13.2 Å². The summed E-state index contributed by atoms with van der Waals surface area (Å²) in [5, 5.41) is 0.769. The summed E-state index contributed by atoms with van der Waals surface area (Å²) in [6.45, 7) is 4.07. The Kier molecular flexibility index (Phi) is 3.77. The Morgan fingerprint density at radius 2 is 2.11 bits per heavy atom. The van der Waals surface area contributed by atoms with Crippen molar-refractivity contribution in [2.75, 3.05) is 13.7 Å². The molecule has 0 aliphatic heterocycles. The average Bonchev–Trinajstić information content (AvgIpc) is 2.36. The Morgan fingerprint density at radius 1 is 1.33 bits per heavy atom. The molecule has 0 amide bonds. The van der Waals surface area contributed by atoms with Crippen LogP contribution in [-0.2, 0) is 4.74 Å². The molecule has 0 aliphatic carbocycles. The molecule has 96 valence electrons. The number of halogens is 1. The fourth-order valence-electron chi connectivity index (χ4n) is 1.61. The van der Waals surface area contributed by atoms with Crippen LogP contribution in [0.2, 0.25) is 0 Å². The summed E-state index contributed by atoms with van der Waals surface area (Å²) in [5.74, 6) is -0.166. The second kappa shape index (κ2) is 5.31. The first-order valence-corrected chi connectivity index (χ1v) is 5.82. The Bertz CT molecular complexity index is 557. The maximum absolute atomic E-state index is 13.8. The molecule has 2 rings (SSSR count). The highest BCUT2D eigenvalue weighted by atomic mass is 19.1. The third-order valence-electron chi connectivity index (χ3n) is 2.76. The van der Waals surface area contributed by atoms with Crippen molar-refractivity contribution in [1.29, 1.82) is 0 Å². The lowest BCUT2D eigenvalue weighted by Crippen LogP contribution is -2.16. The van der Waals surface area contributed by atoms with Crippen molar-refractivity contribution >= 4 is 10.9 Å². The Hall–Kier alpha value is -1.68. The summed E-state index contributed by atoms with van der Waals surface area (Å²) in [7, 11) is 1.59. The van der Waals surface area contributed by atoms with Gasteiger partial charge in [0.1, 0.15) is 6.61 Å². The van der Waals surface area contributed by atoms with Crippen LogP contribution < -0.4 is 4.74 Å². The predicted molar refractivity (Wildman–Crippen MR) is 68.4 cm³/mol. The van der Waals surface area contributed by atoms with Crippen molar-refractivity contribution < 1.29 is 13.9 Å². The quantitative estimate of drug-likeness (QED) is 0.834. The van der Waals surface area contributed by atoms with Gasteiger partial charge >= 0.3 is 0 Å². The molecule has 0 saturated heterocycles. The molecule has 0 bridgehead atoms. The Labute approximate surface area is 106 Å². The van der Waals surface area contributed by atoms with Gasteiger partial charge in [0, 0.05) is 24.3 Å². The average molecular weight is 249 g/mol. The largest absolute Gasteiger partial charge is 0.488 e. The van der Waals surface area contributed by atoms with E-state index in [9.17, 15) is 4.39 Å². The van der Waals surface area contributed by atoms with Crippen LogP contribution in [0.4, 0.5) is 4.39 Å². The van der Waals surface area contributed by atoms with Crippen LogP contribution in [0.15, 0.2) is 24.3 Å². The molecule has 0 saturated carbocycles. The molecule has 1 aromatic heterocycles. The fourth-order valence-corrected chi connectivity index (χ4v) is 1.61. The molecule has 0 radical (unpaired) electrons. The van der Waals surface area contributed by atoms with Crippen LogP contribution in [0.5, 0.6) is 5.75 Å². The smallest absolute Gasteiger partial charge is 0.165 e. The van der Waals surface area contributed by atoms with E-state index in [4.69, 9.17) is 9.47 Å². The zero-order valence-electron chi connectivity index (χ0n) is 10.7. The van der Waals surface area contributed by atoms with Crippen molar-refractivity contribution in [3.8, 4) is 5.75 Å². The number of fused-ring (bicyclic) bond motifs is 1. The van der Waals surface area contributed by atoms with E-state index in [1.165, 1.54) is 6.07 Å².